The second-order valence-corrected chi connectivity index (χ2v) is 6.55. The van der Waals surface area contributed by atoms with E-state index >= 15 is 0 Å². The van der Waals surface area contributed by atoms with Gasteiger partial charge < -0.3 is 24.2 Å². The molecule has 24 heavy (non-hydrogen) atoms. The molecule has 6 nitrogen and oxygen atoms in total. The molecule has 0 fully saturated rings. The quantitative estimate of drug-likeness (QED) is 0.844. The van der Waals surface area contributed by atoms with Gasteiger partial charge in [-0.15, -0.1) is 0 Å². The van der Waals surface area contributed by atoms with Crippen molar-refractivity contribution in [2.24, 2.45) is 0 Å². The maximum Gasteiger partial charge on any atom is 0.248 e. The molecule has 5 rings (SSSR count). The molecule has 0 aromatic heterocycles. The van der Waals surface area contributed by atoms with Crippen molar-refractivity contribution in [1.29, 1.82) is 0 Å². The van der Waals surface area contributed by atoms with Crippen LogP contribution in [0.2, 0.25) is 0 Å². The van der Waals surface area contributed by atoms with Gasteiger partial charge in [0.2, 0.25) is 12.7 Å². The highest BCUT2D eigenvalue weighted by Crippen LogP contribution is 2.55. The van der Waals surface area contributed by atoms with Crippen LogP contribution in [0.15, 0.2) is 35.9 Å². The molecule has 0 saturated carbocycles. The van der Waals surface area contributed by atoms with Crippen molar-refractivity contribution in [3.8, 4) is 11.5 Å². The Bertz CT molecular complexity index is 814. The fourth-order valence-corrected chi connectivity index (χ4v) is 4.34. The predicted molar refractivity (Wildman–Crippen MR) is 83.6 cm³/mol. The molecule has 6 heteroatoms. The molecule has 1 aliphatic carbocycles. The van der Waals surface area contributed by atoms with Crippen LogP contribution < -0.4 is 9.47 Å². The number of ether oxygens (including phenoxy) is 3. The molecule has 0 bridgehead atoms. The first-order valence-corrected chi connectivity index (χ1v) is 8.00. The van der Waals surface area contributed by atoms with Gasteiger partial charge in [0, 0.05) is 19.6 Å². The van der Waals surface area contributed by atoms with Gasteiger partial charge in [0.15, 0.2) is 11.5 Å². The van der Waals surface area contributed by atoms with Crippen LogP contribution in [0.5, 0.6) is 11.5 Å². The maximum atomic E-state index is 12.6. The summed E-state index contributed by atoms with van der Waals surface area (Å²) in [6, 6.07) is 3.75. The van der Waals surface area contributed by atoms with E-state index in [0.29, 0.717) is 17.9 Å². The van der Waals surface area contributed by atoms with Gasteiger partial charge in [-0.3, -0.25) is 4.79 Å². The standard InChI is InChI=1S/C18H17NO5/c1-22-11-3-2-10-4-17(21)19-8-14(20)12-5-15-16(24-9-23-15)6-13(12)18(10,19)7-11/h2-6,11,14,20H,7-9H2,1H3/t11-,14-,18-/m0/s1. The van der Waals surface area contributed by atoms with Gasteiger partial charge in [-0.25, -0.2) is 0 Å². The van der Waals surface area contributed by atoms with Crippen molar-refractivity contribution in [1.82, 2.24) is 4.90 Å². The van der Waals surface area contributed by atoms with Crippen molar-refractivity contribution in [2.45, 2.75) is 24.2 Å². The number of aliphatic hydroxyl groups excluding tert-OH is 1. The number of rotatable bonds is 1. The molecular formula is C18H17NO5. The third-order valence-electron chi connectivity index (χ3n) is 5.48. The molecule has 1 spiro atoms. The second kappa shape index (κ2) is 4.62. The van der Waals surface area contributed by atoms with Crippen LogP contribution in [0.1, 0.15) is 23.7 Å². The molecule has 3 atom stereocenters. The molecule has 4 aliphatic rings. The second-order valence-electron chi connectivity index (χ2n) is 6.55. The maximum absolute atomic E-state index is 12.6. The largest absolute Gasteiger partial charge is 0.454 e. The Morgan fingerprint density at radius 1 is 1.33 bits per heavy atom. The molecule has 3 heterocycles. The Morgan fingerprint density at radius 2 is 2.12 bits per heavy atom. The number of fused-ring (bicyclic) bond motifs is 2. The van der Waals surface area contributed by atoms with Gasteiger partial charge in [0.25, 0.3) is 0 Å². The van der Waals surface area contributed by atoms with E-state index in [-0.39, 0.29) is 25.3 Å². The third kappa shape index (κ3) is 1.59. The predicted octanol–water partition coefficient (Wildman–Crippen LogP) is 1.40. The Hall–Kier alpha value is -2.31. The van der Waals surface area contributed by atoms with E-state index in [9.17, 15) is 9.90 Å². The van der Waals surface area contributed by atoms with Crippen LogP contribution in [0.3, 0.4) is 0 Å². The summed E-state index contributed by atoms with van der Waals surface area (Å²) in [4.78, 5) is 14.3. The van der Waals surface area contributed by atoms with Crippen molar-refractivity contribution < 1.29 is 24.1 Å². The van der Waals surface area contributed by atoms with E-state index in [0.717, 1.165) is 16.7 Å². The number of nitrogens with zero attached hydrogens (tertiary/aromatic N) is 1. The molecule has 3 aliphatic heterocycles. The topological polar surface area (TPSA) is 68.2 Å². The first kappa shape index (κ1) is 14.1. The van der Waals surface area contributed by atoms with Gasteiger partial charge in [0.05, 0.1) is 24.3 Å². The summed E-state index contributed by atoms with van der Waals surface area (Å²) >= 11 is 0. The number of carbonyl (C=O) groups is 1. The Labute approximate surface area is 138 Å². The average molecular weight is 327 g/mol. The van der Waals surface area contributed by atoms with E-state index in [2.05, 4.69) is 0 Å². The third-order valence-corrected chi connectivity index (χ3v) is 5.48. The lowest BCUT2D eigenvalue weighted by atomic mass is 9.71. The summed E-state index contributed by atoms with van der Waals surface area (Å²) in [7, 11) is 1.67. The van der Waals surface area contributed by atoms with Crippen LogP contribution in [0.25, 0.3) is 0 Å². The van der Waals surface area contributed by atoms with Gasteiger partial charge >= 0.3 is 0 Å². The first-order valence-electron chi connectivity index (χ1n) is 8.00. The van der Waals surface area contributed by atoms with E-state index in [1.54, 1.807) is 18.1 Å². The molecule has 1 amide bonds. The molecule has 1 N–H and O–H groups in total. The summed E-state index contributed by atoms with van der Waals surface area (Å²) in [5.41, 5.74) is 2.02. The number of aliphatic hydroxyl groups is 1. The van der Waals surface area contributed by atoms with Crippen molar-refractivity contribution in [3.05, 3.63) is 47.1 Å². The summed E-state index contributed by atoms with van der Waals surface area (Å²) in [5.74, 6) is 1.22. The summed E-state index contributed by atoms with van der Waals surface area (Å²) in [6.07, 6.45) is 5.38. The molecule has 0 saturated heterocycles. The van der Waals surface area contributed by atoms with E-state index in [4.69, 9.17) is 14.2 Å². The molecule has 1 aromatic rings. The number of carbonyl (C=O) groups excluding carboxylic acids is 1. The fraction of sp³-hybridized carbons (Fsp3) is 0.389. The fourth-order valence-electron chi connectivity index (χ4n) is 4.34. The number of hydrogen-bond acceptors (Lipinski definition) is 5. The monoisotopic (exact) mass is 327 g/mol. The molecule has 0 radical (unpaired) electrons. The highest BCUT2D eigenvalue weighted by molar-refractivity contribution is 5.95. The van der Waals surface area contributed by atoms with Crippen LogP contribution in [0.4, 0.5) is 0 Å². The lowest BCUT2D eigenvalue weighted by Crippen LogP contribution is -2.53. The van der Waals surface area contributed by atoms with Gasteiger partial charge in [0.1, 0.15) is 0 Å². The lowest BCUT2D eigenvalue weighted by Gasteiger charge is -2.49. The van der Waals surface area contributed by atoms with Crippen molar-refractivity contribution in [2.75, 3.05) is 20.4 Å². The Balaban J connectivity index is 1.77. The van der Waals surface area contributed by atoms with Crippen LogP contribution in [-0.2, 0) is 15.1 Å². The minimum Gasteiger partial charge on any atom is -0.454 e. The van der Waals surface area contributed by atoms with E-state index in [1.807, 2.05) is 24.3 Å². The average Bonchev–Trinajstić information content (AvgIpc) is 3.15. The van der Waals surface area contributed by atoms with Gasteiger partial charge in [-0.05, 0) is 28.8 Å². The van der Waals surface area contributed by atoms with E-state index in [1.165, 1.54) is 0 Å². The summed E-state index contributed by atoms with van der Waals surface area (Å²) < 4.78 is 16.5. The highest BCUT2D eigenvalue weighted by atomic mass is 16.7. The number of amides is 1. The first-order chi connectivity index (χ1) is 11.6. The highest BCUT2D eigenvalue weighted by Gasteiger charge is 2.55. The van der Waals surface area contributed by atoms with Gasteiger partial charge in [-0.2, -0.15) is 0 Å². The number of benzene rings is 1. The summed E-state index contributed by atoms with van der Waals surface area (Å²) in [5, 5.41) is 10.6. The smallest absolute Gasteiger partial charge is 0.248 e. The number of hydrogen-bond donors (Lipinski definition) is 1. The van der Waals surface area contributed by atoms with Crippen LogP contribution >= 0.6 is 0 Å². The zero-order valence-corrected chi connectivity index (χ0v) is 13.2. The van der Waals surface area contributed by atoms with Gasteiger partial charge in [-0.1, -0.05) is 12.2 Å². The lowest BCUT2D eigenvalue weighted by molar-refractivity contribution is -0.133. The van der Waals surface area contributed by atoms with Crippen LogP contribution in [0, 0.1) is 0 Å². The van der Waals surface area contributed by atoms with Crippen LogP contribution in [-0.4, -0.2) is 42.5 Å². The molecule has 124 valence electrons. The minimum absolute atomic E-state index is 0.0752. The molecular weight excluding hydrogens is 310 g/mol. The summed E-state index contributed by atoms with van der Waals surface area (Å²) in [6.45, 7) is 0.434. The van der Waals surface area contributed by atoms with E-state index < -0.39 is 11.6 Å². The SMILES string of the molecule is CO[C@H]1C=CC2=CC(=O)N3C[C@H](O)c4cc5c(cc4[C@]23C1)OCO5. The Kier molecular flexibility index (Phi) is 2.71. The minimum atomic E-state index is -0.747. The number of methoxy groups -OCH3 is 1. The zero-order valence-electron chi connectivity index (χ0n) is 13.2. The van der Waals surface area contributed by atoms with Crippen molar-refractivity contribution in [3.63, 3.8) is 0 Å². The normalized spacial score (nSPS) is 32.3. The zero-order chi connectivity index (χ0) is 16.5. The Morgan fingerprint density at radius 3 is 2.92 bits per heavy atom. The molecule has 0 unspecified atom stereocenters. The van der Waals surface area contributed by atoms with Crippen molar-refractivity contribution >= 4 is 5.91 Å². The molecule has 1 aromatic carbocycles.